The fraction of sp³-hybridized carbons (Fsp3) is 0.562. The van der Waals surface area contributed by atoms with Crippen LogP contribution < -0.4 is 15.8 Å². The van der Waals surface area contributed by atoms with Gasteiger partial charge in [-0.25, -0.2) is 0 Å². The molecule has 1 unspecified atom stereocenters. The van der Waals surface area contributed by atoms with Gasteiger partial charge in [0.2, 0.25) is 0 Å². The van der Waals surface area contributed by atoms with Crippen molar-refractivity contribution < 1.29 is 9.53 Å². The van der Waals surface area contributed by atoms with E-state index in [9.17, 15) is 4.79 Å². The Balaban J connectivity index is 2.78. The van der Waals surface area contributed by atoms with Crippen LogP contribution in [0.4, 0.5) is 5.69 Å². The van der Waals surface area contributed by atoms with E-state index in [0.29, 0.717) is 22.0 Å². The first-order valence-corrected chi connectivity index (χ1v) is 7.45. The monoisotopic (exact) mass is 312 g/mol. The van der Waals surface area contributed by atoms with Crippen LogP contribution in [0.5, 0.6) is 5.75 Å². The first-order chi connectivity index (χ1) is 9.64. The fourth-order valence-electron chi connectivity index (χ4n) is 1.94. The van der Waals surface area contributed by atoms with Crippen LogP contribution in [0.3, 0.4) is 0 Å². The van der Waals surface area contributed by atoms with Crippen molar-refractivity contribution in [1.29, 1.82) is 0 Å². The predicted molar refractivity (Wildman–Crippen MR) is 88.0 cm³/mol. The minimum absolute atomic E-state index is 0.0813. The average Bonchev–Trinajstić information content (AvgIpc) is 2.38. The van der Waals surface area contributed by atoms with Crippen molar-refractivity contribution in [2.75, 3.05) is 12.8 Å². The molecule has 0 saturated carbocycles. The minimum atomic E-state index is -0.199. The van der Waals surface area contributed by atoms with Crippen LogP contribution in [0.25, 0.3) is 0 Å². The van der Waals surface area contributed by atoms with E-state index in [1.807, 2.05) is 6.92 Å². The number of hydrogen-bond donors (Lipinski definition) is 2. The van der Waals surface area contributed by atoms with Crippen LogP contribution in [0, 0.1) is 5.41 Å². The van der Waals surface area contributed by atoms with Crippen LogP contribution in [0.2, 0.25) is 5.02 Å². The smallest absolute Gasteiger partial charge is 0.255 e. The van der Waals surface area contributed by atoms with Gasteiger partial charge in [0.05, 0.1) is 23.4 Å². The maximum Gasteiger partial charge on any atom is 0.255 e. The zero-order valence-corrected chi connectivity index (χ0v) is 14.2. The van der Waals surface area contributed by atoms with Gasteiger partial charge in [-0.3, -0.25) is 4.79 Å². The molecule has 0 aromatic heterocycles. The highest BCUT2D eigenvalue weighted by Crippen LogP contribution is 2.29. The predicted octanol–water partition coefficient (Wildman–Crippen LogP) is 3.88. The van der Waals surface area contributed by atoms with Crippen LogP contribution in [0.15, 0.2) is 12.1 Å². The number of ether oxygens (including phenoxy) is 1. The molecular weight excluding hydrogens is 288 g/mol. The Labute approximate surface area is 132 Å². The molecule has 0 bridgehead atoms. The number of nitrogens with one attached hydrogen (secondary N) is 1. The second kappa shape index (κ2) is 7.03. The van der Waals surface area contributed by atoms with Gasteiger partial charge in [-0.15, -0.1) is 0 Å². The van der Waals surface area contributed by atoms with Crippen LogP contribution >= 0.6 is 11.6 Å². The number of halogens is 1. The number of methoxy groups -OCH3 is 1. The number of anilines is 1. The summed E-state index contributed by atoms with van der Waals surface area (Å²) in [6, 6.07) is 3.19. The Bertz CT molecular complexity index is 510. The van der Waals surface area contributed by atoms with Crippen molar-refractivity contribution in [3.63, 3.8) is 0 Å². The molecule has 118 valence electrons. The average molecular weight is 313 g/mol. The summed E-state index contributed by atoms with van der Waals surface area (Å²) in [4.78, 5) is 12.3. The summed E-state index contributed by atoms with van der Waals surface area (Å²) in [5.41, 5.74) is 6.77. The van der Waals surface area contributed by atoms with Crippen molar-refractivity contribution in [3.05, 3.63) is 22.7 Å². The molecule has 0 fully saturated rings. The zero-order valence-electron chi connectivity index (χ0n) is 13.4. The number of nitrogen functional groups attached to an aromatic ring is 1. The molecular formula is C16H25ClN2O2. The summed E-state index contributed by atoms with van der Waals surface area (Å²) in [5.74, 6) is 0.229. The van der Waals surface area contributed by atoms with Gasteiger partial charge in [0, 0.05) is 12.1 Å². The lowest BCUT2D eigenvalue weighted by atomic mass is 9.89. The van der Waals surface area contributed by atoms with Gasteiger partial charge in [0.15, 0.2) is 0 Å². The van der Waals surface area contributed by atoms with Gasteiger partial charge in [0.1, 0.15) is 5.75 Å². The van der Waals surface area contributed by atoms with E-state index in [-0.39, 0.29) is 17.4 Å². The molecule has 5 heteroatoms. The van der Waals surface area contributed by atoms with Gasteiger partial charge in [-0.05, 0) is 31.2 Å². The minimum Gasteiger partial charge on any atom is -0.496 e. The zero-order chi connectivity index (χ0) is 16.2. The maximum atomic E-state index is 12.3. The summed E-state index contributed by atoms with van der Waals surface area (Å²) in [7, 11) is 1.50. The third kappa shape index (κ3) is 5.46. The molecule has 1 aromatic carbocycles. The Hall–Kier alpha value is -1.42. The normalized spacial score (nSPS) is 12.9. The number of rotatable bonds is 5. The van der Waals surface area contributed by atoms with Gasteiger partial charge in [0.25, 0.3) is 5.91 Å². The second-order valence-electron chi connectivity index (χ2n) is 6.55. The second-order valence-corrected chi connectivity index (χ2v) is 6.96. The number of nitrogens with two attached hydrogens (primary N) is 1. The van der Waals surface area contributed by atoms with E-state index in [0.717, 1.165) is 12.8 Å². The van der Waals surface area contributed by atoms with Crippen LogP contribution in [0.1, 0.15) is 50.9 Å². The van der Waals surface area contributed by atoms with Crippen LogP contribution in [-0.4, -0.2) is 19.1 Å². The van der Waals surface area contributed by atoms with Gasteiger partial charge in [-0.1, -0.05) is 32.4 Å². The van der Waals surface area contributed by atoms with Gasteiger partial charge < -0.3 is 15.8 Å². The molecule has 0 aliphatic rings. The first kappa shape index (κ1) is 17.6. The lowest BCUT2D eigenvalue weighted by Crippen LogP contribution is -2.33. The van der Waals surface area contributed by atoms with E-state index in [4.69, 9.17) is 22.1 Å². The van der Waals surface area contributed by atoms with Crippen molar-refractivity contribution in [2.24, 2.45) is 5.41 Å². The number of amides is 1. The Morgan fingerprint density at radius 1 is 1.43 bits per heavy atom. The largest absolute Gasteiger partial charge is 0.496 e. The highest BCUT2D eigenvalue weighted by Gasteiger charge is 2.18. The Morgan fingerprint density at radius 2 is 2.05 bits per heavy atom. The maximum absolute atomic E-state index is 12.3. The summed E-state index contributed by atoms with van der Waals surface area (Å²) in [6.07, 6.45) is 1.95. The Morgan fingerprint density at radius 3 is 2.57 bits per heavy atom. The molecule has 0 aliphatic carbocycles. The highest BCUT2D eigenvalue weighted by atomic mass is 35.5. The Kier molecular flexibility index (Phi) is 5.90. The standard InChI is InChI=1S/C16H25ClN2O2/c1-10(6-7-16(2,3)4)19-15(20)11-8-12(17)13(18)9-14(11)21-5/h8-10H,6-7,18H2,1-5H3,(H,19,20). The summed E-state index contributed by atoms with van der Waals surface area (Å²) in [5, 5.41) is 3.32. The summed E-state index contributed by atoms with van der Waals surface area (Å²) >= 11 is 5.98. The molecule has 3 N–H and O–H groups in total. The van der Waals surface area contributed by atoms with E-state index >= 15 is 0 Å². The molecule has 21 heavy (non-hydrogen) atoms. The first-order valence-electron chi connectivity index (χ1n) is 7.08. The van der Waals surface area contributed by atoms with E-state index in [1.165, 1.54) is 7.11 Å². The molecule has 4 nitrogen and oxygen atoms in total. The van der Waals surface area contributed by atoms with E-state index in [2.05, 4.69) is 26.1 Å². The molecule has 0 saturated heterocycles. The van der Waals surface area contributed by atoms with Crippen molar-refractivity contribution in [2.45, 2.75) is 46.6 Å². The third-order valence-electron chi connectivity index (χ3n) is 3.27. The number of carbonyl (C=O) groups excluding carboxylic acids is 1. The van der Waals surface area contributed by atoms with E-state index < -0.39 is 0 Å². The summed E-state index contributed by atoms with van der Waals surface area (Å²) in [6.45, 7) is 8.55. The SMILES string of the molecule is COc1cc(N)c(Cl)cc1C(=O)NC(C)CCC(C)(C)C. The molecule has 0 aliphatic heterocycles. The molecule has 1 atom stereocenters. The molecule has 0 heterocycles. The molecule has 0 spiro atoms. The van der Waals surface area contributed by atoms with Crippen molar-refractivity contribution in [3.8, 4) is 5.75 Å². The van der Waals surface area contributed by atoms with Gasteiger partial charge in [-0.2, -0.15) is 0 Å². The fourth-order valence-corrected chi connectivity index (χ4v) is 2.10. The van der Waals surface area contributed by atoms with Crippen molar-refractivity contribution in [1.82, 2.24) is 5.32 Å². The molecule has 1 amide bonds. The van der Waals surface area contributed by atoms with E-state index in [1.54, 1.807) is 12.1 Å². The topological polar surface area (TPSA) is 64.3 Å². The van der Waals surface area contributed by atoms with Gasteiger partial charge >= 0.3 is 0 Å². The highest BCUT2D eigenvalue weighted by molar-refractivity contribution is 6.33. The molecule has 1 rings (SSSR count). The van der Waals surface area contributed by atoms with Crippen molar-refractivity contribution >= 4 is 23.2 Å². The lowest BCUT2D eigenvalue weighted by Gasteiger charge is -2.22. The number of carbonyl (C=O) groups is 1. The number of hydrogen-bond acceptors (Lipinski definition) is 3. The summed E-state index contributed by atoms with van der Waals surface area (Å²) < 4.78 is 5.20. The molecule has 0 radical (unpaired) electrons. The lowest BCUT2D eigenvalue weighted by molar-refractivity contribution is 0.0932. The van der Waals surface area contributed by atoms with Crippen LogP contribution in [-0.2, 0) is 0 Å². The quantitative estimate of drug-likeness (QED) is 0.811. The third-order valence-corrected chi connectivity index (χ3v) is 3.60. The molecule has 1 aromatic rings. The number of benzene rings is 1.